The van der Waals surface area contributed by atoms with E-state index in [1.165, 1.54) is 18.4 Å². The zero-order valence-electron chi connectivity index (χ0n) is 11.2. The fourth-order valence-electron chi connectivity index (χ4n) is 1.91. The summed E-state index contributed by atoms with van der Waals surface area (Å²) in [6.07, 6.45) is 4.62. The first-order valence-corrected chi connectivity index (χ1v) is 6.67. The van der Waals surface area contributed by atoms with Crippen LogP contribution in [-0.2, 0) is 6.54 Å². The summed E-state index contributed by atoms with van der Waals surface area (Å²) in [5.41, 5.74) is 7.56. The van der Waals surface area contributed by atoms with E-state index in [0.717, 1.165) is 25.9 Å². The number of benzene rings is 1. The van der Waals surface area contributed by atoms with Crippen molar-refractivity contribution in [1.29, 1.82) is 0 Å². The third-order valence-corrected chi connectivity index (χ3v) is 3.15. The molecule has 0 aromatic heterocycles. The van der Waals surface area contributed by atoms with Crippen LogP contribution in [0.5, 0.6) is 0 Å². The van der Waals surface area contributed by atoms with E-state index in [9.17, 15) is 0 Å². The van der Waals surface area contributed by atoms with Crippen LogP contribution in [0, 0.1) is 0 Å². The van der Waals surface area contributed by atoms with E-state index in [0.29, 0.717) is 0 Å². The van der Waals surface area contributed by atoms with Crippen molar-refractivity contribution < 1.29 is 0 Å². The molecule has 1 unspecified atom stereocenters. The minimum Gasteiger partial charge on any atom is -0.325 e. The number of nitrogens with two attached hydrogens (primary N) is 1. The van der Waals surface area contributed by atoms with Gasteiger partial charge in [-0.05, 0) is 31.9 Å². The van der Waals surface area contributed by atoms with Gasteiger partial charge in [0.05, 0.1) is 0 Å². The van der Waals surface area contributed by atoms with E-state index in [2.05, 4.69) is 43.4 Å². The molecule has 0 saturated carbocycles. The molecule has 0 fully saturated rings. The second kappa shape index (κ2) is 7.46. The van der Waals surface area contributed by atoms with Crippen LogP contribution in [0.15, 0.2) is 30.3 Å². The summed E-state index contributed by atoms with van der Waals surface area (Å²) in [5.74, 6) is 0. The molecule has 17 heavy (non-hydrogen) atoms. The number of unbranched alkanes of at least 4 members (excludes halogenated alkanes) is 1. The highest BCUT2D eigenvalue weighted by molar-refractivity contribution is 5.14. The summed E-state index contributed by atoms with van der Waals surface area (Å²) in [5, 5.41) is 3.45. The van der Waals surface area contributed by atoms with Gasteiger partial charge >= 0.3 is 0 Å². The van der Waals surface area contributed by atoms with Crippen LogP contribution < -0.4 is 11.1 Å². The molecular formula is C15H26N2. The predicted octanol–water partition coefficient (Wildman–Crippen LogP) is 3.07. The molecule has 0 radical (unpaired) electrons. The molecule has 0 spiro atoms. The van der Waals surface area contributed by atoms with Gasteiger partial charge in [0.1, 0.15) is 0 Å². The zero-order chi connectivity index (χ0) is 12.6. The van der Waals surface area contributed by atoms with Crippen molar-refractivity contribution in [2.45, 2.75) is 51.6 Å². The second-order valence-corrected chi connectivity index (χ2v) is 5.17. The summed E-state index contributed by atoms with van der Waals surface area (Å²) in [4.78, 5) is 0. The molecule has 1 aromatic rings. The van der Waals surface area contributed by atoms with Crippen molar-refractivity contribution in [1.82, 2.24) is 5.32 Å². The average Bonchev–Trinajstić information content (AvgIpc) is 2.34. The SMILES string of the molecule is CCCCC(C)(N)CCNCc1ccccc1. The third-order valence-electron chi connectivity index (χ3n) is 3.15. The third kappa shape index (κ3) is 6.44. The predicted molar refractivity (Wildman–Crippen MR) is 74.9 cm³/mol. The van der Waals surface area contributed by atoms with Gasteiger partial charge < -0.3 is 11.1 Å². The molecule has 0 bridgehead atoms. The van der Waals surface area contributed by atoms with Crippen molar-refractivity contribution in [3.8, 4) is 0 Å². The van der Waals surface area contributed by atoms with Gasteiger partial charge in [-0.15, -0.1) is 0 Å². The molecule has 0 amide bonds. The van der Waals surface area contributed by atoms with Gasteiger partial charge in [0.15, 0.2) is 0 Å². The lowest BCUT2D eigenvalue weighted by molar-refractivity contribution is 0.378. The van der Waals surface area contributed by atoms with E-state index >= 15 is 0 Å². The molecule has 0 aliphatic carbocycles. The standard InChI is InChI=1S/C15H26N2/c1-3-4-10-15(2,16)11-12-17-13-14-8-6-5-7-9-14/h5-9,17H,3-4,10-13,16H2,1-2H3. The summed E-state index contributed by atoms with van der Waals surface area (Å²) in [6, 6.07) is 10.5. The Kier molecular flexibility index (Phi) is 6.23. The molecule has 96 valence electrons. The highest BCUT2D eigenvalue weighted by Gasteiger charge is 2.16. The van der Waals surface area contributed by atoms with E-state index < -0.39 is 0 Å². The number of rotatable bonds is 8. The maximum absolute atomic E-state index is 6.24. The fraction of sp³-hybridized carbons (Fsp3) is 0.600. The highest BCUT2D eigenvalue weighted by atomic mass is 14.9. The van der Waals surface area contributed by atoms with Crippen LogP contribution in [0.1, 0.15) is 45.1 Å². The highest BCUT2D eigenvalue weighted by Crippen LogP contribution is 2.14. The smallest absolute Gasteiger partial charge is 0.0205 e. The molecular weight excluding hydrogens is 208 g/mol. The second-order valence-electron chi connectivity index (χ2n) is 5.17. The zero-order valence-corrected chi connectivity index (χ0v) is 11.2. The Balaban J connectivity index is 2.15. The lowest BCUT2D eigenvalue weighted by Crippen LogP contribution is -2.39. The van der Waals surface area contributed by atoms with Gasteiger partial charge in [-0.25, -0.2) is 0 Å². The van der Waals surface area contributed by atoms with Crippen LogP contribution in [0.3, 0.4) is 0 Å². The maximum atomic E-state index is 6.24. The summed E-state index contributed by atoms with van der Waals surface area (Å²) < 4.78 is 0. The normalized spacial score (nSPS) is 14.5. The molecule has 1 rings (SSSR count). The first kappa shape index (κ1) is 14.2. The van der Waals surface area contributed by atoms with Crippen LogP contribution >= 0.6 is 0 Å². The van der Waals surface area contributed by atoms with Gasteiger partial charge in [-0.3, -0.25) is 0 Å². The molecule has 1 atom stereocenters. The van der Waals surface area contributed by atoms with Crippen molar-refractivity contribution >= 4 is 0 Å². The molecule has 0 aliphatic heterocycles. The quantitative estimate of drug-likeness (QED) is 0.678. The van der Waals surface area contributed by atoms with Crippen LogP contribution in [0.2, 0.25) is 0 Å². The minimum absolute atomic E-state index is 0.0142. The molecule has 0 heterocycles. The van der Waals surface area contributed by atoms with Crippen molar-refractivity contribution in [2.24, 2.45) is 5.73 Å². The molecule has 2 heteroatoms. The lowest BCUT2D eigenvalue weighted by atomic mass is 9.92. The van der Waals surface area contributed by atoms with Gasteiger partial charge in [-0.1, -0.05) is 50.1 Å². The molecule has 0 saturated heterocycles. The van der Waals surface area contributed by atoms with Gasteiger partial charge in [0, 0.05) is 12.1 Å². The molecule has 2 nitrogen and oxygen atoms in total. The van der Waals surface area contributed by atoms with Crippen LogP contribution in [-0.4, -0.2) is 12.1 Å². The Labute approximate surface area is 106 Å². The van der Waals surface area contributed by atoms with E-state index in [4.69, 9.17) is 5.73 Å². The van der Waals surface area contributed by atoms with Crippen molar-refractivity contribution in [2.75, 3.05) is 6.54 Å². The Morgan fingerprint density at radius 3 is 2.53 bits per heavy atom. The van der Waals surface area contributed by atoms with E-state index in [1.807, 2.05) is 6.07 Å². The molecule has 1 aromatic carbocycles. The minimum atomic E-state index is -0.0142. The van der Waals surface area contributed by atoms with Gasteiger partial charge in [0.2, 0.25) is 0 Å². The molecule has 3 N–H and O–H groups in total. The van der Waals surface area contributed by atoms with Crippen LogP contribution in [0.25, 0.3) is 0 Å². The monoisotopic (exact) mass is 234 g/mol. The first-order valence-electron chi connectivity index (χ1n) is 6.67. The van der Waals surface area contributed by atoms with Crippen LogP contribution in [0.4, 0.5) is 0 Å². The lowest BCUT2D eigenvalue weighted by Gasteiger charge is -2.24. The Hall–Kier alpha value is -0.860. The van der Waals surface area contributed by atoms with Gasteiger partial charge in [-0.2, -0.15) is 0 Å². The number of hydrogen-bond acceptors (Lipinski definition) is 2. The Morgan fingerprint density at radius 1 is 1.18 bits per heavy atom. The summed E-state index contributed by atoms with van der Waals surface area (Å²) in [6.45, 7) is 6.30. The van der Waals surface area contributed by atoms with E-state index in [-0.39, 0.29) is 5.54 Å². The maximum Gasteiger partial charge on any atom is 0.0205 e. The number of hydrogen-bond donors (Lipinski definition) is 2. The van der Waals surface area contributed by atoms with E-state index in [1.54, 1.807) is 0 Å². The summed E-state index contributed by atoms with van der Waals surface area (Å²) in [7, 11) is 0. The molecule has 0 aliphatic rings. The van der Waals surface area contributed by atoms with Gasteiger partial charge in [0.25, 0.3) is 0 Å². The Morgan fingerprint density at radius 2 is 1.88 bits per heavy atom. The Bertz CT molecular complexity index is 293. The summed E-state index contributed by atoms with van der Waals surface area (Å²) >= 11 is 0. The van der Waals surface area contributed by atoms with Crippen molar-refractivity contribution in [3.63, 3.8) is 0 Å². The van der Waals surface area contributed by atoms with Crippen molar-refractivity contribution in [3.05, 3.63) is 35.9 Å². The topological polar surface area (TPSA) is 38.0 Å². The first-order chi connectivity index (χ1) is 8.14. The average molecular weight is 234 g/mol. The number of nitrogens with one attached hydrogen (secondary N) is 1. The largest absolute Gasteiger partial charge is 0.325 e. The fourth-order valence-corrected chi connectivity index (χ4v) is 1.91.